The molecule has 212 valence electrons. The third-order valence-corrected chi connectivity index (χ3v) is 7.31. The Hall–Kier alpha value is -5.25. The second kappa shape index (κ2) is 11.0. The van der Waals surface area contributed by atoms with Crippen LogP contribution in [0.3, 0.4) is 0 Å². The molecule has 3 N–H and O–H groups in total. The van der Waals surface area contributed by atoms with E-state index < -0.39 is 0 Å². The van der Waals surface area contributed by atoms with Crippen LogP contribution in [0.15, 0.2) is 77.9 Å². The number of aromatic nitrogens is 3. The fraction of sp³-hybridized carbons (Fsp3) is 0.188. The summed E-state index contributed by atoms with van der Waals surface area (Å²) in [5, 5.41) is 10.1. The molecule has 0 bridgehead atoms. The van der Waals surface area contributed by atoms with E-state index in [4.69, 9.17) is 4.74 Å². The number of carbonyl (C=O) groups excluding carboxylic acids is 1. The molecule has 0 spiro atoms. The van der Waals surface area contributed by atoms with Gasteiger partial charge in [0.1, 0.15) is 29.0 Å². The number of aryl methyl sites for hydroxylation is 1. The molecule has 10 heteroatoms. The van der Waals surface area contributed by atoms with Gasteiger partial charge in [-0.3, -0.25) is 14.7 Å². The molecule has 0 aliphatic heterocycles. The predicted octanol–water partition coefficient (Wildman–Crippen LogP) is 6.66. The first-order valence-electron chi connectivity index (χ1n) is 13.6. The first-order valence-corrected chi connectivity index (χ1v) is 13.6. The number of rotatable bonds is 7. The van der Waals surface area contributed by atoms with Gasteiger partial charge in [0.25, 0.3) is 5.56 Å². The van der Waals surface area contributed by atoms with Gasteiger partial charge in [-0.15, -0.1) is 0 Å². The molecule has 6 rings (SSSR count). The maximum absolute atomic E-state index is 13.7. The molecule has 2 aromatic carbocycles. The molecule has 1 aliphatic carbocycles. The van der Waals surface area contributed by atoms with E-state index in [1.165, 1.54) is 12.1 Å². The number of hydrogen-bond donors (Lipinski definition) is 3. The van der Waals surface area contributed by atoms with Crippen LogP contribution in [-0.2, 0) is 0 Å². The maximum atomic E-state index is 13.7. The van der Waals surface area contributed by atoms with Gasteiger partial charge in [0.05, 0.1) is 5.39 Å². The number of halogens is 1. The van der Waals surface area contributed by atoms with E-state index in [-0.39, 0.29) is 23.4 Å². The molecule has 1 aliphatic rings. The number of hydrogen-bond acceptors (Lipinski definition) is 6. The van der Waals surface area contributed by atoms with Gasteiger partial charge in [-0.1, -0.05) is 0 Å². The summed E-state index contributed by atoms with van der Waals surface area (Å²) in [6.45, 7) is 5.74. The van der Waals surface area contributed by atoms with Crippen molar-refractivity contribution in [3.8, 4) is 17.2 Å². The van der Waals surface area contributed by atoms with E-state index in [9.17, 15) is 14.0 Å². The van der Waals surface area contributed by atoms with E-state index in [0.29, 0.717) is 34.2 Å². The van der Waals surface area contributed by atoms with Gasteiger partial charge in [-0.25, -0.2) is 19.2 Å². The summed E-state index contributed by atoms with van der Waals surface area (Å²) in [6, 6.07) is 16.6. The lowest BCUT2D eigenvalue weighted by molar-refractivity contribution is 0.251. The highest BCUT2D eigenvalue weighted by atomic mass is 19.1. The second-order valence-electron chi connectivity index (χ2n) is 10.4. The average Bonchev–Trinajstić information content (AvgIpc) is 3.78. The summed E-state index contributed by atoms with van der Waals surface area (Å²) >= 11 is 0. The Morgan fingerprint density at radius 3 is 2.48 bits per heavy atom. The van der Waals surface area contributed by atoms with Gasteiger partial charge >= 0.3 is 6.03 Å². The van der Waals surface area contributed by atoms with Crippen molar-refractivity contribution in [1.82, 2.24) is 19.9 Å². The number of fused-ring (bicyclic) bond motifs is 1. The molecule has 0 radical (unpaired) electrons. The Kier molecular flexibility index (Phi) is 7.03. The number of benzene rings is 2. The van der Waals surface area contributed by atoms with E-state index >= 15 is 0 Å². The fourth-order valence-corrected chi connectivity index (χ4v) is 4.79. The predicted molar refractivity (Wildman–Crippen MR) is 161 cm³/mol. The van der Waals surface area contributed by atoms with Crippen molar-refractivity contribution in [2.45, 2.75) is 39.7 Å². The van der Waals surface area contributed by atoms with Crippen molar-refractivity contribution in [3.05, 3.63) is 106 Å². The lowest BCUT2D eigenvalue weighted by Gasteiger charge is -2.17. The topological polar surface area (TPSA) is 110 Å². The molecular formula is C32H29FN6O3. The van der Waals surface area contributed by atoms with E-state index in [1.807, 2.05) is 39.0 Å². The van der Waals surface area contributed by atoms with Crippen molar-refractivity contribution >= 4 is 34.1 Å². The van der Waals surface area contributed by atoms with Crippen LogP contribution in [0.4, 0.5) is 26.5 Å². The molecule has 9 nitrogen and oxygen atoms in total. The smallest absolute Gasteiger partial charge is 0.320 e. The van der Waals surface area contributed by atoms with Gasteiger partial charge in [0.2, 0.25) is 0 Å². The summed E-state index contributed by atoms with van der Waals surface area (Å²) in [5.41, 5.74) is 3.60. The number of nitrogens with zero attached hydrogens (tertiary/aromatic N) is 3. The number of pyridine rings is 3. The minimum absolute atomic E-state index is 0.242. The number of carbonyl (C=O) groups is 1. The Morgan fingerprint density at radius 2 is 1.71 bits per heavy atom. The summed E-state index contributed by atoms with van der Waals surface area (Å²) in [6.07, 6.45) is 5.23. The van der Waals surface area contributed by atoms with Gasteiger partial charge < -0.3 is 15.4 Å². The Labute approximate surface area is 241 Å². The van der Waals surface area contributed by atoms with Crippen LogP contribution in [0.1, 0.15) is 29.7 Å². The minimum Gasteiger partial charge on any atom is -0.457 e. The third-order valence-electron chi connectivity index (χ3n) is 7.31. The molecule has 0 atom stereocenters. The number of nitrogens with one attached hydrogen (secondary N) is 3. The van der Waals surface area contributed by atoms with Crippen LogP contribution < -0.4 is 26.2 Å². The average molecular weight is 565 g/mol. The van der Waals surface area contributed by atoms with E-state index in [2.05, 4.69) is 25.9 Å². The monoisotopic (exact) mass is 564 g/mol. The lowest BCUT2D eigenvalue weighted by atomic mass is 10.1. The molecule has 5 aromatic rings. The summed E-state index contributed by atoms with van der Waals surface area (Å²) in [4.78, 5) is 34.5. The van der Waals surface area contributed by atoms with Crippen molar-refractivity contribution in [2.75, 3.05) is 10.6 Å². The second-order valence-corrected chi connectivity index (χ2v) is 10.4. The highest BCUT2D eigenvalue weighted by Crippen LogP contribution is 2.34. The van der Waals surface area contributed by atoms with Gasteiger partial charge in [0, 0.05) is 41.6 Å². The standard InChI is InChI=1S/C32H29FN6O3/c1-18-16-21-12-14-35-30(29(21)31(40)39(18)24-8-4-22(33)5-9-24)37-26-10-11-27(20(3)19(26)2)42-25-13-15-34-28(17-25)38-32(41)36-23-6-7-23/h4-5,8-17,23H,6-7H2,1-3H3,(H,35,37)(H2,34,36,38,41). The molecule has 2 amide bonds. The Morgan fingerprint density at radius 1 is 0.952 bits per heavy atom. The Bertz CT molecular complexity index is 1880. The normalized spacial score (nSPS) is 12.7. The number of urea groups is 1. The largest absolute Gasteiger partial charge is 0.457 e. The van der Waals surface area contributed by atoms with Gasteiger partial charge in [-0.05, 0) is 105 Å². The molecule has 0 unspecified atom stereocenters. The van der Waals surface area contributed by atoms with Crippen LogP contribution in [-0.4, -0.2) is 26.6 Å². The van der Waals surface area contributed by atoms with Crippen molar-refractivity contribution in [1.29, 1.82) is 0 Å². The quantitative estimate of drug-likeness (QED) is 0.204. The molecule has 3 aromatic heterocycles. The number of ether oxygens (including phenoxy) is 1. The maximum Gasteiger partial charge on any atom is 0.320 e. The zero-order valence-corrected chi connectivity index (χ0v) is 23.4. The lowest BCUT2D eigenvalue weighted by Crippen LogP contribution is -2.30. The van der Waals surface area contributed by atoms with Gasteiger partial charge in [0.15, 0.2) is 0 Å². The van der Waals surface area contributed by atoms with Crippen LogP contribution in [0.25, 0.3) is 16.5 Å². The fourth-order valence-electron chi connectivity index (χ4n) is 4.79. The highest BCUT2D eigenvalue weighted by molar-refractivity contribution is 5.93. The number of anilines is 3. The molecule has 3 heterocycles. The summed E-state index contributed by atoms with van der Waals surface area (Å²) in [5.74, 6) is 1.60. The van der Waals surface area contributed by atoms with Crippen LogP contribution >= 0.6 is 0 Å². The SMILES string of the molecule is Cc1c(Nc2nccc3cc(C)n(-c4ccc(F)cc4)c(=O)c23)ccc(Oc2ccnc(NC(=O)NC3CC3)c2)c1C. The molecule has 42 heavy (non-hydrogen) atoms. The first kappa shape index (κ1) is 26.9. The number of amides is 2. The highest BCUT2D eigenvalue weighted by Gasteiger charge is 2.23. The van der Waals surface area contributed by atoms with Crippen molar-refractivity contribution in [2.24, 2.45) is 0 Å². The van der Waals surface area contributed by atoms with Crippen molar-refractivity contribution in [3.63, 3.8) is 0 Å². The summed E-state index contributed by atoms with van der Waals surface area (Å²) < 4.78 is 21.3. The first-order chi connectivity index (χ1) is 20.3. The summed E-state index contributed by atoms with van der Waals surface area (Å²) in [7, 11) is 0. The van der Waals surface area contributed by atoms with Crippen LogP contribution in [0.5, 0.6) is 11.5 Å². The molecular weight excluding hydrogens is 535 g/mol. The van der Waals surface area contributed by atoms with Gasteiger partial charge in [-0.2, -0.15) is 0 Å². The molecule has 1 saturated carbocycles. The molecule has 0 saturated heterocycles. The zero-order chi connectivity index (χ0) is 29.4. The third kappa shape index (κ3) is 5.51. The van der Waals surface area contributed by atoms with Crippen LogP contribution in [0.2, 0.25) is 0 Å². The minimum atomic E-state index is -0.371. The van der Waals surface area contributed by atoms with E-state index in [1.54, 1.807) is 47.3 Å². The Balaban J connectivity index is 1.28. The molecule has 1 fully saturated rings. The van der Waals surface area contributed by atoms with E-state index in [0.717, 1.165) is 40.7 Å². The zero-order valence-electron chi connectivity index (χ0n) is 23.4. The van der Waals surface area contributed by atoms with Crippen LogP contribution in [0, 0.1) is 26.6 Å². The van der Waals surface area contributed by atoms with Crippen molar-refractivity contribution < 1.29 is 13.9 Å².